The Hall–Kier alpha value is -1.11. The lowest BCUT2D eigenvalue weighted by Gasteiger charge is -2.23. The Bertz CT molecular complexity index is 611. The van der Waals surface area contributed by atoms with E-state index in [4.69, 9.17) is 5.11 Å². The van der Waals surface area contributed by atoms with E-state index >= 15 is 0 Å². The van der Waals surface area contributed by atoms with E-state index < -0.39 is 24.3 Å². The van der Waals surface area contributed by atoms with Gasteiger partial charge in [-0.3, -0.25) is 4.79 Å². The van der Waals surface area contributed by atoms with Gasteiger partial charge in [0.2, 0.25) is 0 Å². The zero-order chi connectivity index (χ0) is 20.4. The number of aliphatic carboxylic acids is 1. The van der Waals surface area contributed by atoms with Crippen LogP contribution in [0.2, 0.25) is 0 Å². The standard InChI is InChI=1S/C23H34O5.2ClH/c24-18(13-12-17-8-4-3-5-9-17)14-15-20-19(21(25)16-22(20)26)10-6-1-2-7-11-23(27)28;;/h1,3-6,8-9,18-22,24-26H,2,7,10-16H2,(H,27,28);2*1H/b6-1+;;/t18-,19+,20+,21-,22+;;/m0../s1. The number of hydrogen-bond donors (Lipinski definition) is 4. The van der Waals surface area contributed by atoms with Crippen LogP contribution in [-0.4, -0.2) is 44.7 Å². The summed E-state index contributed by atoms with van der Waals surface area (Å²) in [5.41, 5.74) is 1.21. The summed E-state index contributed by atoms with van der Waals surface area (Å²) < 4.78 is 0. The van der Waals surface area contributed by atoms with Crippen molar-refractivity contribution in [2.24, 2.45) is 11.8 Å². The second kappa shape index (κ2) is 15.7. The molecule has 5 nitrogen and oxygen atoms in total. The van der Waals surface area contributed by atoms with Crippen molar-refractivity contribution in [2.45, 2.75) is 76.1 Å². The van der Waals surface area contributed by atoms with Crippen LogP contribution in [0.15, 0.2) is 42.5 Å². The molecule has 4 N–H and O–H groups in total. The van der Waals surface area contributed by atoms with Gasteiger partial charge in [-0.2, -0.15) is 0 Å². The number of aryl methyl sites for hydroxylation is 1. The number of benzene rings is 1. The Morgan fingerprint density at radius 2 is 1.70 bits per heavy atom. The summed E-state index contributed by atoms with van der Waals surface area (Å²) in [5.74, 6) is -0.800. The smallest absolute Gasteiger partial charge is 0.303 e. The molecule has 0 amide bonds. The highest BCUT2D eigenvalue weighted by molar-refractivity contribution is 5.85. The fourth-order valence-corrected chi connectivity index (χ4v) is 4.16. The number of carboxylic acids is 1. The first kappa shape index (κ1) is 28.9. The van der Waals surface area contributed by atoms with E-state index in [9.17, 15) is 20.1 Å². The van der Waals surface area contributed by atoms with Gasteiger partial charge in [0.15, 0.2) is 0 Å². The van der Waals surface area contributed by atoms with Crippen LogP contribution in [0.5, 0.6) is 0 Å². The summed E-state index contributed by atoms with van der Waals surface area (Å²) >= 11 is 0. The van der Waals surface area contributed by atoms with Crippen molar-refractivity contribution in [1.82, 2.24) is 0 Å². The SMILES string of the molecule is Cl.Cl.O=C(O)CCC/C=C/C[C@@H]1[C@@H](CC[C@@H](O)CCc2ccccc2)[C@H](O)C[C@@H]1O. The second-order valence-electron chi connectivity index (χ2n) is 7.95. The van der Waals surface area contributed by atoms with Crippen molar-refractivity contribution in [3.05, 3.63) is 48.0 Å². The summed E-state index contributed by atoms with van der Waals surface area (Å²) in [6, 6.07) is 10.1. The van der Waals surface area contributed by atoms with Gasteiger partial charge in [0.25, 0.3) is 0 Å². The van der Waals surface area contributed by atoms with Crippen LogP contribution in [0.4, 0.5) is 0 Å². The van der Waals surface area contributed by atoms with Gasteiger partial charge in [-0.15, -0.1) is 24.8 Å². The molecule has 5 atom stereocenters. The van der Waals surface area contributed by atoms with Gasteiger partial charge in [-0.25, -0.2) is 0 Å². The molecule has 1 aromatic rings. The average Bonchev–Trinajstić information content (AvgIpc) is 2.94. The average molecular weight is 463 g/mol. The van der Waals surface area contributed by atoms with E-state index in [-0.39, 0.29) is 43.1 Å². The molecule has 2 rings (SSSR count). The molecule has 1 aliphatic carbocycles. The lowest BCUT2D eigenvalue weighted by atomic mass is 9.85. The first-order valence-corrected chi connectivity index (χ1v) is 10.4. The zero-order valence-corrected chi connectivity index (χ0v) is 18.9. The van der Waals surface area contributed by atoms with Crippen molar-refractivity contribution in [2.75, 3.05) is 0 Å². The van der Waals surface area contributed by atoms with E-state index in [2.05, 4.69) is 12.1 Å². The summed E-state index contributed by atoms with van der Waals surface area (Å²) in [7, 11) is 0. The van der Waals surface area contributed by atoms with Crippen molar-refractivity contribution < 1.29 is 25.2 Å². The van der Waals surface area contributed by atoms with Crippen LogP contribution >= 0.6 is 24.8 Å². The van der Waals surface area contributed by atoms with Gasteiger partial charge in [-0.05, 0) is 68.8 Å². The van der Waals surface area contributed by atoms with Crippen LogP contribution in [0.1, 0.15) is 56.9 Å². The number of rotatable bonds is 12. The molecule has 30 heavy (non-hydrogen) atoms. The van der Waals surface area contributed by atoms with E-state index in [1.165, 1.54) is 5.56 Å². The molecule has 0 aromatic heterocycles. The summed E-state index contributed by atoms with van der Waals surface area (Å²) in [4.78, 5) is 10.5. The maximum Gasteiger partial charge on any atom is 0.303 e. The number of hydrogen-bond acceptors (Lipinski definition) is 4. The molecular formula is C23H36Cl2O5. The normalized spacial score (nSPS) is 24.2. The van der Waals surface area contributed by atoms with E-state index in [0.717, 1.165) is 6.42 Å². The molecule has 1 saturated carbocycles. The third-order valence-corrected chi connectivity index (χ3v) is 5.80. The molecule has 0 spiro atoms. The van der Waals surface area contributed by atoms with Crippen molar-refractivity contribution in [3.8, 4) is 0 Å². The number of allylic oxidation sites excluding steroid dienone is 2. The molecule has 0 saturated heterocycles. The molecule has 0 unspecified atom stereocenters. The van der Waals surface area contributed by atoms with Crippen molar-refractivity contribution in [3.63, 3.8) is 0 Å². The molecule has 1 aliphatic rings. The van der Waals surface area contributed by atoms with E-state index in [1.807, 2.05) is 30.4 Å². The minimum Gasteiger partial charge on any atom is -0.481 e. The molecular weight excluding hydrogens is 427 g/mol. The number of carboxylic acid groups (broad SMARTS) is 1. The van der Waals surface area contributed by atoms with Crippen LogP contribution in [0.3, 0.4) is 0 Å². The molecule has 0 radical (unpaired) electrons. The van der Waals surface area contributed by atoms with Crippen LogP contribution < -0.4 is 0 Å². The highest BCUT2D eigenvalue weighted by Crippen LogP contribution is 2.38. The van der Waals surface area contributed by atoms with Gasteiger partial charge in [0.05, 0.1) is 18.3 Å². The minimum absolute atomic E-state index is 0. The number of aliphatic hydroxyl groups excluding tert-OH is 3. The third kappa shape index (κ3) is 10.3. The zero-order valence-electron chi connectivity index (χ0n) is 17.3. The summed E-state index contributed by atoms with van der Waals surface area (Å²) in [6.45, 7) is 0. The highest BCUT2D eigenvalue weighted by Gasteiger charge is 2.40. The van der Waals surface area contributed by atoms with Gasteiger partial charge in [0.1, 0.15) is 0 Å². The van der Waals surface area contributed by atoms with E-state index in [0.29, 0.717) is 44.9 Å². The summed E-state index contributed by atoms with van der Waals surface area (Å²) in [6.07, 6.45) is 7.91. The van der Waals surface area contributed by atoms with Gasteiger partial charge in [0, 0.05) is 6.42 Å². The van der Waals surface area contributed by atoms with Crippen LogP contribution in [0, 0.1) is 11.8 Å². The fourth-order valence-electron chi connectivity index (χ4n) is 4.16. The number of unbranched alkanes of at least 4 members (excludes halogenated alkanes) is 1. The molecule has 7 heteroatoms. The first-order chi connectivity index (χ1) is 13.5. The molecule has 0 heterocycles. The maximum absolute atomic E-state index is 10.5. The Morgan fingerprint density at radius 1 is 1.03 bits per heavy atom. The Morgan fingerprint density at radius 3 is 2.37 bits per heavy atom. The molecule has 1 fully saturated rings. The highest BCUT2D eigenvalue weighted by atomic mass is 35.5. The Balaban J connectivity index is 0.00000420. The molecule has 172 valence electrons. The van der Waals surface area contributed by atoms with E-state index in [1.54, 1.807) is 0 Å². The number of carbonyl (C=O) groups is 1. The third-order valence-electron chi connectivity index (χ3n) is 5.80. The first-order valence-electron chi connectivity index (χ1n) is 10.4. The number of aliphatic hydroxyl groups is 3. The number of halogens is 2. The lowest BCUT2D eigenvalue weighted by molar-refractivity contribution is -0.137. The second-order valence-corrected chi connectivity index (χ2v) is 7.95. The monoisotopic (exact) mass is 462 g/mol. The Kier molecular flexibility index (Phi) is 15.1. The molecule has 1 aromatic carbocycles. The largest absolute Gasteiger partial charge is 0.481 e. The van der Waals surface area contributed by atoms with Crippen molar-refractivity contribution in [1.29, 1.82) is 0 Å². The van der Waals surface area contributed by atoms with Gasteiger partial charge in [-0.1, -0.05) is 42.5 Å². The molecule has 0 aliphatic heterocycles. The lowest BCUT2D eigenvalue weighted by Crippen LogP contribution is -2.23. The van der Waals surface area contributed by atoms with Gasteiger partial charge < -0.3 is 20.4 Å². The Labute approximate surface area is 192 Å². The van der Waals surface area contributed by atoms with Crippen molar-refractivity contribution >= 4 is 30.8 Å². The van der Waals surface area contributed by atoms with Gasteiger partial charge >= 0.3 is 5.97 Å². The quantitative estimate of drug-likeness (QED) is 0.276. The van der Waals surface area contributed by atoms with Crippen LogP contribution in [0.25, 0.3) is 0 Å². The fraction of sp³-hybridized carbons (Fsp3) is 0.609. The summed E-state index contributed by atoms with van der Waals surface area (Å²) in [5, 5.41) is 39.6. The van der Waals surface area contributed by atoms with Crippen LogP contribution in [-0.2, 0) is 11.2 Å². The maximum atomic E-state index is 10.5. The topological polar surface area (TPSA) is 98.0 Å². The predicted octanol–water partition coefficient (Wildman–Crippen LogP) is 4.16. The predicted molar refractivity (Wildman–Crippen MR) is 123 cm³/mol. The molecule has 0 bridgehead atoms. The minimum atomic E-state index is -0.784.